The van der Waals surface area contributed by atoms with Crippen molar-refractivity contribution in [2.45, 2.75) is 39.7 Å². The minimum atomic E-state index is -1.94. The van der Waals surface area contributed by atoms with Crippen LogP contribution in [0.25, 0.3) is 10.9 Å². The summed E-state index contributed by atoms with van der Waals surface area (Å²) in [6, 6.07) is -0.710. The van der Waals surface area contributed by atoms with E-state index in [1.807, 2.05) is 6.92 Å². The number of nitrogens with one attached hydrogen (secondary N) is 2. The largest absolute Gasteiger partial charge is 0.358 e. The molecule has 2 rings (SSSR count). The smallest absolute Gasteiger partial charge is 0.225 e. The maximum atomic E-state index is 14.0. The van der Waals surface area contributed by atoms with Gasteiger partial charge in [0, 0.05) is 11.6 Å². The summed E-state index contributed by atoms with van der Waals surface area (Å²) in [7, 11) is 0. The molecule has 1 heterocycles. The molecule has 1 aromatic carbocycles. The SMILES string of the molecule is CC[C@H](C)[C@H](NC(=O)Cc1c[nH]c2c(F)c(F)c(F)c(F)c12)C(C)=O. The third-order valence-electron chi connectivity index (χ3n) is 4.30. The molecule has 0 aliphatic heterocycles. The number of amides is 1. The van der Waals surface area contributed by atoms with Crippen LogP contribution in [0.5, 0.6) is 0 Å². The topological polar surface area (TPSA) is 62.0 Å². The standard InChI is InChI=1S/C17H18F4N2O2/c1-4-7(2)16(8(3)24)23-10(25)5-9-6-22-17-11(9)12(18)13(19)14(20)15(17)21/h6-7,16,22H,4-5H2,1-3H3,(H,23,25)/t7-,16-/m0/s1. The molecule has 25 heavy (non-hydrogen) atoms. The molecule has 2 atom stereocenters. The van der Waals surface area contributed by atoms with Crippen molar-refractivity contribution in [3.8, 4) is 0 Å². The fourth-order valence-corrected chi connectivity index (χ4v) is 2.72. The zero-order valence-corrected chi connectivity index (χ0v) is 14.0. The highest BCUT2D eigenvalue weighted by atomic mass is 19.2. The number of aromatic amines is 1. The van der Waals surface area contributed by atoms with Crippen LogP contribution in [0.3, 0.4) is 0 Å². The van der Waals surface area contributed by atoms with Crippen molar-refractivity contribution in [1.29, 1.82) is 0 Å². The van der Waals surface area contributed by atoms with Gasteiger partial charge in [0.1, 0.15) is 0 Å². The number of hydrogen-bond donors (Lipinski definition) is 2. The molecule has 4 nitrogen and oxygen atoms in total. The Morgan fingerprint density at radius 3 is 2.28 bits per heavy atom. The lowest BCUT2D eigenvalue weighted by atomic mass is 9.95. The van der Waals surface area contributed by atoms with Gasteiger partial charge in [0.2, 0.25) is 5.91 Å². The molecule has 8 heteroatoms. The summed E-state index contributed by atoms with van der Waals surface area (Å²) in [6.45, 7) is 5.00. The highest BCUT2D eigenvalue weighted by molar-refractivity contribution is 5.92. The van der Waals surface area contributed by atoms with E-state index in [1.165, 1.54) is 6.92 Å². The van der Waals surface area contributed by atoms with E-state index in [0.29, 0.717) is 6.42 Å². The lowest BCUT2D eigenvalue weighted by molar-refractivity contribution is -0.127. The summed E-state index contributed by atoms with van der Waals surface area (Å²) in [5, 5.41) is 2.02. The molecule has 0 fully saturated rings. The third kappa shape index (κ3) is 3.52. The molecule has 0 aliphatic carbocycles. The average molecular weight is 358 g/mol. The Morgan fingerprint density at radius 2 is 1.72 bits per heavy atom. The highest BCUT2D eigenvalue weighted by Gasteiger charge is 2.26. The molecule has 136 valence electrons. The number of ketones is 1. The summed E-state index contributed by atoms with van der Waals surface area (Å²) in [4.78, 5) is 26.1. The number of carbonyl (C=O) groups is 2. The first-order valence-corrected chi connectivity index (χ1v) is 7.80. The van der Waals surface area contributed by atoms with Crippen molar-refractivity contribution < 1.29 is 27.2 Å². The van der Waals surface area contributed by atoms with Crippen molar-refractivity contribution in [3.05, 3.63) is 35.0 Å². The molecule has 0 radical (unpaired) electrons. The van der Waals surface area contributed by atoms with Crippen LogP contribution < -0.4 is 5.32 Å². The van der Waals surface area contributed by atoms with Gasteiger partial charge in [-0.05, 0) is 18.4 Å². The predicted molar refractivity (Wildman–Crippen MR) is 83.9 cm³/mol. The van der Waals surface area contributed by atoms with E-state index in [9.17, 15) is 27.2 Å². The number of fused-ring (bicyclic) bond motifs is 1. The average Bonchev–Trinajstić information content (AvgIpc) is 2.98. The van der Waals surface area contributed by atoms with Gasteiger partial charge in [0.25, 0.3) is 0 Å². The van der Waals surface area contributed by atoms with Gasteiger partial charge in [-0.25, -0.2) is 17.6 Å². The lowest BCUT2D eigenvalue weighted by Crippen LogP contribution is -2.44. The van der Waals surface area contributed by atoms with Crippen molar-refractivity contribution in [2.24, 2.45) is 5.92 Å². The molecule has 0 bridgehead atoms. The van der Waals surface area contributed by atoms with Gasteiger partial charge in [0.05, 0.1) is 18.0 Å². The summed E-state index contributed by atoms with van der Waals surface area (Å²) in [5.74, 6) is -7.92. The van der Waals surface area contributed by atoms with E-state index in [1.54, 1.807) is 6.92 Å². The Hall–Kier alpha value is -2.38. The van der Waals surface area contributed by atoms with Crippen molar-refractivity contribution in [2.75, 3.05) is 0 Å². The van der Waals surface area contributed by atoms with Gasteiger partial charge in [-0.3, -0.25) is 9.59 Å². The second-order valence-electron chi connectivity index (χ2n) is 6.04. The number of aromatic nitrogens is 1. The number of halogens is 4. The van der Waals surface area contributed by atoms with Gasteiger partial charge in [-0.15, -0.1) is 0 Å². The Morgan fingerprint density at radius 1 is 1.12 bits per heavy atom. The quantitative estimate of drug-likeness (QED) is 0.472. The zero-order chi connectivity index (χ0) is 18.9. The normalized spacial score (nSPS) is 13.7. The van der Waals surface area contributed by atoms with Crippen LogP contribution in [0.1, 0.15) is 32.8 Å². The Labute approximate surface area is 141 Å². The molecule has 2 aromatic rings. The van der Waals surface area contributed by atoms with Crippen LogP contribution in [-0.4, -0.2) is 22.7 Å². The van der Waals surface area contributed by atoms with E-state index >= 15 is 0 Å². The first-order chi connectivity index (χ1) is 11.7. The molecule has 2 N–H and O–H groups in total. The van der Waals surface area contributed by atoms with Crippen molar-refractivity contribution in [3.63, 3.8) is 0 Å². The molecule has 0 saturated carbocycles. The van der Waals surface area contributed by atoms with Crippen LogP contribution in [-0.2, 0) is 16.0 Å². The van der Waals surface area contributed by atoms with Crippen LogP contribution in [0, 0.1) is 29.2 Å². The molecule has 1 amide bonds. The number of benzene rings is 1. The Balaban J connectivity index is 2.32. The third-order valence-corrected chi connectivity index (χ3v) is 4.30. The number of hydrogen-bond acceptors (Lipinski definition) is 2. The number of rotatable bonds is 6. The minimum Gasteiger partial charge on any atom is -0.358 e. The molecule has 0 saturated heterocycles. The summed E-state index contributed by atoms with van der Waals surface area (Å²) in [6.07, 6.45) is 1.35. The fourth-order valence-electron chi connectivity index (χ4n) is 2.72. The maximum Gasteiger partial charge on any atom is 0.225 e. The molecule has 0 aliphatic rings. The van der Waals surface area contributed by atoms with E-state index in [4.69, 9.17) is 0 Å². The molecular formula is C17H18F4N2O2. The second-order valence-corrected chi connectivity index (χ2v) is 6.04. The van der Waals surface area contributed by atoms with Gasteiger partial charge >= 0.3 is 0 Å². The fraction of sp³-hybridized carbons (Fsp3) is 0.412. The van der Waals surface area contributed by atoms with Gasteiger partial charge in [-0.2, -0.15) is 0 Å². The van der Waals surface area contributed by atoms with E-state index < -0.39 is 52.5 Å². The molecular weight excluding hydrogens is 340 g/mol. The monoisotopic (exact) mass is 358 g/mol. The molecule has 0 unspecified atom stereocenters. The molecule has 0 spiro atoms. The number of H-pyrrole nitrogens is 1. The lowest BCUT2D eigenvalue weighted by Gasteiger charge is -2.21. The van der Waals surface area contributed by atoms with Crippen molar-refractivity contribution >= 4 is 22.6 Å². The van der Waals surface area contributed by atoms with E-state index in [2.05, 4.69) is 10.3 Å². The predicted octanol–water partition coefficient (Wildman–Crippen LogP) is 3.39. The summed E-state index contributed by atoms with van der Waals surface area (Å²) >= 11 is 0. The van der Waals surface area contributed by atoms with Crippen molar-refractivity contribution in [1.82, 2.24) is 10.3 Å². The first-order valence-electron chi connectivity index (χ1n) is 7.80. The summed E-state index contributed by atoms with van der Waals surface area (Å²) < 4.78 is 54.4. The van der Waals surface area contributed by atoms with E-state index in [0.717, 1.165) is 6.20 Å². The van der Waals surface area contributed by atoms with Crippen LogP contribution in [0.2, 0.25) is 0 Å². The van der Waals surface area contributed by atoms with Gasteiger partial charge in [0.15, 0.2) is 29.1 Å². The highest BCUT2D eigenvalue weighted by Crippen LogP contribution is 2.29. The van der Waals surface area contributed by atoms with Gasteiger partial charge < -0.3 is 10.3 Å². The van der Waals surface area contributed by atoms with E-state index in [-0.39, 0.29) is 17.3 Å². The number of carbonyl (C=O) groups excluding carboxylic acids is 2. The van der Waals surface area contributed by atoms with Crippen LogP contribution in [0.4, 0.5) is 17.6 Å². The Bertz CT molecular complexity index is 832. The molecule has 1 aromatic heterocycles. The van der Waals surface area contributed by atoms with Gasteiger partial charge in [-0.1, -0.05) is 20.3 Å². The minimum absolute atomic E-state index is 0.0331. The number of Topliss-reactive ketones (excluding diaryl/α,β-unsaturated/α-hetero) is 1. The summed E-state index contributed by atoms with van der Waals surface area (Å²) in [5.41, 5.74) is -0.585. The first kappa shape index (κ1) is 19.0. The second kappa shape index (κ2) is 7.25. The van der Waals surface area contributed by atoms with Crippen LogP contribution in [0.15, 0.2) is 6.20 Å². The van der Waals surface area contributed by atoms with Crippen LogP contribution >= 0.6 is 0 Å². The Kier molecular flexibility index (Phi) is 5.49. The zero-order valence-electron chi connectivity index (χ0n) is 14.0. The maximum absolute atomic E-state index is 14.0.